The van der Waals surface area contributed by atoms with Gasteiger partial charge in [-0.15, -0.1) is 0 Å². The van der Waals surface area contributed by atoms with Gasteiger partial charge in [-0.3, -0.25) is 0 Å². The maximum absolute atomic E-state index is 12.1. The van der Waals surface area contributed by atoms with Crippen LogP contribution in [0, 0.1) is 11.8 Å². The summed E-state index contributed by atoms with van der Waals surface area (Å²) in [6.45, 7) is 1.85. The summed E-state index contributed by atoms with van der Waals surface area (Å²) >= 11 is 0. The molecule has 0 aromatic heterocycles. The van der Waals surface area contributed by atoms with Crippen molar-refractivity contribution in [3.05, 3.63) is 24.3 Å². The lowest BCUT2D eigenvalue weighted by Gasteiger charge is -2.20. The zero-order chi connectivity index (χ0) is 15.2. The first-order chi connectivity index (χ1) is 10.0. The van der Waals surface area contributed by atoms with Crippen LogP contribution in [0.5, 0.6) is 5.75 Å². The van der Waals surface area contributed by atoms with E-state index in [4.69, 9.17) is 0 Å². The van der Waals surface area contributed by atoms with Crippen LogP contribution in [-0.4, -0.2) is 12.7 Å². The van der Waals surface area contributed by atoms with Gasteiger partial charge in [0.2, 0.25) is 0 Å². The molecule has 1 N–H and O–H groups in total. The Kier molecular flexibility index (Phi) is 5.83. The molecule has 1 aliphatic carbocycles. The molecular formula is C17H25F2NO. The zero-order valence-electron chi connectivity index (χ0n) is 12.8. The number of hydrogen-bond acceptors (Lipinski definition) is 2. The van der Waals surface area contributed by atoms with Crippen molar-refractivity contribution in [3.8, 4) is 5.75 Å². The van der Waals surface area contributed by atoms with Crippen LogP contribution in [0.2, 0.25) is 0 Å². The quantitative estimate of drug-likeness (QED) is 0.744. The van der Waals surface area contributed by atoms with Crippen LogP contribution >= 0.6 is 0 Å². The van der Waals surface area contributed by atoms with E-state index in [1.54, 1.807) is 12.1 Å². The lowest BCUT2D eigenvalue weighted by Crippen LogP contribution is -2.18. The van der Waals surface area contributed by atoms with Gasteiger partial charge in [0.15, 0.2) is 0 Å². The molecule has 0 heterocycles. The van der Waals surface area contributed by atoms with Crippen molar-refractivity contribution < 1.29 is 13.5 Å². The Morgan fingerprint density at radius 3 is 2.38 bits per heavy atom. The molecule has 0 bridgehead atoms. The van der Waals surface area contributed by atoms with Crippen molar-refractivity contribution in [2.75, 3.05) is 5.32 Å². The van der Waals surface area contributed by atoms with E-state index >= 15 is 0 Å². The third-order valence-electron chi connectivity index (χ3n) is 4.41. The average molecular weight is 297 g/mol. The Labute approximate surface area is 125 Å². The zero-order valence-corrected chi connectivity index (χ0v) is 12.8. The fourth-order valence-electron chi connectivity index (χ4n) is 3.11. The summed E-state index contributed by atoms with van der Waals surface area (Å²) in [7, 11) is 0. The molecule has 2 rings (SSSR count). The molecule has 0 radical (unpaired) electrons. The van der Waals surface area contributed by atoms with Crippen molar-refractivity contribution in [1.82, 2.24) is 0 Å². The van der Waals surface area contributed by atoms with E-state index in [1.807, 2.05) is 12.1 Å². The highest BCUT2D eigenvalue weighted by atomic mass is 19.3. The van der Waals surface area contributed by atoms with Crippen molar-refractivity contribution in [1.29, 1.82) is 0 Å². The lowest BCUT2D eigenvalue weighted by atomic mass is 9.89. The summed E-state index contributed by atoms with van der Waals surface area (Å²) in [6, 6.07) is 7.27. The fraction of sp³-hybridized carbons (Fsp3) is 0.647. The third kappa shape index (κ3) is 5.18. The number of halogens is 2. The number of hydrogen-bond donors (Lipinski definition) is 1. The van der Waals surface area contributed by atoms with Gasteiger partial charge in [0, 0.05) is 11.7 Å². The van der Waals surface area contributed by atoms with Gasteiger partial charge < -0.3 is 10.1 Å². The van der Waals surface area contributed by atoms with Crippen LogP contribution in [0.25, 0.3) is 0 Å². The maximum atomic E-state index is 12.1. The molecule has 1 saturated carbocycles. The Morgan fingerprint density at radius 2 is 1.76 bits per heavy atom. The highest BCUT2D eigenvalue weighted by Crippen LogP contribution is 2.30. The van der Waals surface area contributed by atoms with Crippen LogP contribution in [0.1, 0.15) is 46.0 Å². The van der Waals surface area contributed by atoms with Gasteiger partial charge in [-0.2, -0.15) is 8.78 Å². The summed E-state index contributed by atoms with van der Waals surface area (Å²) < 4.78 is 28.6. The number of ether oxygens (including phenoxy) is 1. The summed E-state index contributed by atoms with van der Waals surface area (Å²) in [4.78, 5) is 0. The Balaban J connectivity index is 1.86. The third-order valence-corrected chi connectivity index (χ3v) is 4.41. The molecule has 0 saturated heterocycles. The summed E-state index contributed by atoms with van der Waals surface area (Å²) in [5.41, 5.74) is 0.976. The molecule has 2 atom stereocenters. The van der Waals surface area contributed by atoms with Crippen LogP contribution < -0.4 is 10.1 Å². The smallest absolute Gasteiger partial charge is 0.387 e. The van der Waals surface area contributed by atoms with E-state index in [-0.39, 0.29) is 5.75 Å². The average Bonchev–Trinajstić information content (AvgIpc) is 2.66. The molecule has 21 heavy (non-hydrogen) atoms. The van der Waals surface area contributed by atoms with Crippen LogP contribution in [0.15, 0.2) is 24.3 Å². The molecule has 1 aromatic rings. The first-order valence-corrected chi connectivity index (χ1v) is 7.86. The van der Waals surface area contributed by atoms with E-state index in [0.29, 0.717) is 6.04 Å². The predicted octanol–water partition coefficient (Wildman–Crippen LogP) is 5.30. The minimum atomic E-state index is -2.77. The molecule has 1 aliphatic rings. The monoisotopic (exact) mass is 297 g/mol. The highest BCUT2D eigenvalue weighted by molar-refractivity contribution is 5.47. The highest BCUT2D eigenvalue weighted by Gasteiger charge is 2.20. The number of rotatable bonds is 5. The molecule has 2 nitrogen and oxygen atoms in total. The van der Waals surface area contributed by atoms with Gasteiger partial charge in [-0.05, 0) is 55.4 Å². The maximum Gasteiger partial charge on any atom is 0.387 e. The van der Waals surface area contributed by atoms with Gasteiger partial charge in [-0.1, -0.05) is 26.7 Å². The molecule has 2 unspecified atom stereocenters. The van der Waals surface area contributed by atoms with Crippen LogP contribution in [0.3, 0.4) is 0 Å². The van der Waals surface area contributed by atoms with Crippen molar-refractivity contribution >= 4 is 5.69 Å². The lowest BCUT2D eigenvalue weighted by molar-refractivity contribution is -0.0498. The first-order valence-electron chi connectivity index (χ1n) is 7.86. The Hall–Kier alpha value is -1.32. The minimum absolute atomic E-state index is 0.205. The van der Waals surface area contributed by atoms with E-state index in [0.717, 1.165) is 17.5 Å². The van der Waals surface area contributed by atoms with Crippen LogP contribution in [-0.2, 0) is 0 Å². The summed E-state index contributed by atoms with van der Waals surface area (Å²) in [5.74, 6) is 1.80. The largest absolute Gasteiger partial charge is 0.435 e. The number of anilines is 1. The molecule has 0 aliphatic heterocycles. The van der Waals surface area contributed by atoms with Crippen LogP contribution in [0.4, 0.5) is 14.5 Å². The van der Waals surface area contributed by atoms with E-state index in [9.17, 15) is 8.78 Å². The normalized spacial score (nSPS) is 23.1. The van der Waals surface area contributed by atoms with Crippen molar-refractivity contribution in [2.24, 2.45) is 11.8 Å². The standard InChI is InChI=1S/C17H25F2NO/c1-12(2)13-4-3-5-14(7-6-13)20-15-8-10-16(11-9-15)21-17(18)19/h8-14,17,20H,3-7H2,1-2H3. The Morgan fingerprint density at radius 1 is 1.05 bits per heavy atom. The number of nitrogens with one attached hydrogen (secondary N) is 1. The first kappa shape index (κ1) is 16.1. The SMILES string of the molecule is CC(C)C1CCCC(Nc2ccc(OC(F)F)cc2)CC1. The van der Waals surface area contributed by atoms with E-state index < -0.39 is 6.61 Å². The Bertz CT molecular complexity index is 419. The molecule has 1 aromatic carbocycles. The van der Waals surface area contributed by atoms with Crippen molar-refractivity contribution in [3.63, 3.8) is 0 Å². The van der Waals surface area contributed by atoms with Gasteiger partial charge in [-0.25, -0.2) is 0 Å². The summed E-state index contributed by atoms with van der Waals surface area (Å²) in [5, 5.41) is 3.52. The number of alkyl halides is 2. The molecular weight excluding hydrogens is 272 g/mol. The molecule has 4 heteroatoms. The molecule has 0 spiro atoms. The molecule has 0 amide bonds. The van der Waals surface area contributed by atoms with Gasteiger partial charge >= 0.3 is 6.61 Å². The topological polar surface area (TPSA) is 21.3 Å². The van der Waals surface area contributed by atoms with Gasteiger partial charge in [0.1, 0.15) is 5.75 Å². The fourth-order valence-corrected chi connectivity index (χ4v) is 3.11. The summed E-state index contributed by atoms with van der Waals surface area (Å²) in [6.07, 6.45) is 6.20. The molecule has 118 valence electrons. The van der Waals surface area contributed by atoms with E-state index in [1.165, 1.54) is 32.1 Å². The van der Waals surface area contributed by atoms with E-state index in [2.05, 4.69) is 23.9 Å². The van der Waals surface area contributed by atoms with Gasteiger partial charge in [0.05, 0.1) is 0 Å². The second-order valence-electron chi connectivity index (χ2n) is 6.26. The minimum Gasteiger partial charge on any atom is -0.435 e. The van der Waals surface area contributed by atoms with Gasteiger partial charge in [0.25, 0.3) is 0 Å². The second kappa shape index (κ2) is 7.62. The molecule has 1 fully saturated rings. The predicted molar refractivity (Wildman–Crippen MR) is 81.9 cm³/mol. The van der Waals surface area contributed by atoms with Crippen molar-refractivity contribution in [2.45, 2.75) is 58.6 Å². The number of benzene rings is 1. The second-order valence-corrected chi connectivity index (χ2v) is 6.26.